The van der Waals surface area contributed by atoms with Gasteiger partial charge >= 0.3 is 0 Å². The molecule has 1 atom stereocenters. The zero-order valence-corrected chi connectivity index (χ0v) is 8.64. The molecule has 1 nitrogen and oxygen atoms in total. The molecule has 2 heteroatoms. The van der Waals surface area contributed by atoms with Crippen molar-refractivity contribution in [1.82, 2.24) is 5.73 Å². The Morgan fingerprint density at radius 2 is 2.17 bits per heavy atom. The molecule has 1 rings (SSSR count). The fourth-order valence-electron chi connectivity index (χ4n) is 1.34. The molecule has 1 unspecified atom stereocenters. The fourth-order valence-corrected chi connectivity index (χ4v) is 2.17. The van der Waals surface area contributed by atoms with Gasteiger partial charge in [-0.25, -0.2) is 0 Å². The molecule has 0 fully saturated rings. The summed E-state index contributed by atoms with van der Waals surface area (Å²) in [4.78, 5) is 0. The molecule has 66 valence electrons. The zero-order valence-electron chi connectivity index (χ0n) is 7.64. The highest BCUT2D eigenvalue weighted by Crippen LogP contribution is 2.27. The molecule has 0 aliphatic rings. The predicted octanol–water partition coefficient (Wildman–Crippen LogP) is 3.54. The molecular weight excluding hydrogens is 165 g/mol. The Balaban J connectivity index is 2.20. The van der Waals surface area contributed by atoms with E-state index < -0.39 is 0 Å². The minimum absolute atomic E-state index is 0.530. The van der Waals surface area contributed by atoms with Crippen molar-refractivity contribution in [3.05, 3.63) is 17.4 Å². The molecule has 0 aromatic carbocycles. The fraction of sp³-hybridized carbons (Fsp3) is 0.600. The van der Waals surface area contributed by atoms with Crippen LogP contribution in [0.2, 0.25) is 0 Å². The molecule has 1 aromatic rings. The number of unbranched alkanes of at least 4 members (excludes halogenated alkanes) is 3. The summed E-state index contributed by atoms with van der Waals surface area (Å²) in [5.41, 5.74) is 11.2. The minimum Gasteiger partial charge on any atom is -0.146 e. The Morgan fingerprint density at radius 3 is 2.75 bits per heavy atom. The molecule has 1 aromatic heterocycles. The third kappa shape index (κ3) is 2.91. The number of nitrogens with zero attached hydrogens (tertiary/aromatic N) is 1. The van der Waals surface area contributed by atoms with Crippen molar-refractivity contribution in [2.75, 3.05) is 0 Å². The maximum atomic E-state index is 9.37. The van der Waals surface area contributed by atoms with E-state index in [1.54, 1.807) is 0 Å². The van der Waals surface area contributed by atoms with Crippen LogP contribution in [0.5, 0.6) is 0 Å². The average molecular weight is 181 g/mol. The van der Waals surface area contributed by atoms with E-state index in [0.717, 1.165) is 6.42 Å². The van der Waals surface area contributed by atoms with Gasteiger partial charge in [0.2, 0.25) is 0 Å². The summed E-state index contributed by atoms with van der Waals surface area (Å²) in [5.74, 6) is 2.06. The maximum absolute atomic E-state index is 9.37. The molecule has 0 spiro atoms. The number of rotatable bonds is 5. The van der Waals surface area contributed by atoms with Crippen LogP contribution in [0.15, 0.2) is 11.9 Å². The first kappa shape index (κ1) is 9.67. The Labute approximate surface area is 76.4 Å². The van der Waals surface area contributed by atoms with Gasteiger partial charge in [0.25, 0.3) is 0 Å². The Kier molecular flexibility index (Phi) is 4.24. The average Bonchev–Trinajstić information content (AvgIpc) is 2.46. The smallest absolute Gasteiger partial charge is 0.104 e. The summed E-state index contributed by atoms with van der Waals surface area (Å²) in [6, 6.07) is 2.07. The van der Waals surface area contributed by atoms with Crippen LogP contribution in [0.1, 0.15) is 38.2 Å². The van der Waals surface area contributed by atoms with Crippen LogP contribution in [-0.2, 0) is 6.42 Å². The maximum Gasteiger partial charge on any atom is 0.104 e. The van der Waals surface area contributed by atoms with Crippen LogP contribution in [0.4, 0.5) is 5.42 Å². The zero-order chi connectivity index (χ0) is 8.81. The highest BCUT2D eigenvalue weighted by molar-refractivity contribution is 7.33. The molecule has 1 heterocycles. The van der Waals surface area contributed by atoms with Crippen molar-refractivity contribution >= 4 is 13.6 Å². The Bertz CT molecular complexity index is 217. The highest BCUT2D eigenvalue weighted by Gasteiger charge is 1.99. The van der Waals surface area contributed by atoms with Crippen molar-refractivity contribution in [1.29, 1.82) is 0 Å². The number of hydrogen-bond acceptors (Lipinski definition) is 0. The van der Waals surface area contributed by atoms with Gasteiger partial charge in [0.05, 0.1) is 0 Å². The van der Waals surface area contributed by atoms with E-state index in [4.69, 9.17) is 0 Å². The summed E-state index contributed by atoms with van der Waals surface area (Å²) in [6.07, 6.45) is 6.18. The van der Waals surface area contributed by atoms with E-state index in [0.29, 0.717) is 13.6 Å². The first-order valence-corrected chi connectivity index (χ1v) is 5.77. The van der Waals surface area contributed by atoms with E-state index >= 15 is 0 Å². The molecule has 0 saturated carbocycles. The van der Waals surface area contributed by atoms with Gasteiger partial charge in [0.15, 0.2) is 0 Å². The lowest BCUT2D eigenvalue weighted by atomic mass is 10.1. The number of aryl methyl sites for hydroxylation is 1. The van der Waals surface area contributed by atoms with Gasteiger partial charge in [-0.3, -0.25) is 0 Å². The quantitative estimate of drug-likeness (QED) is 0.620. The number of hydrogen-bond donors (Lipinski definition) is 0. The molecule has 0 bridgehead atoms. The predicted molar refractivity (Wildman–Crippen MR) is 55.6 cm³/mol. The lowest BCUT2D eigenvalue weighted by Crippen LogP contribution is -1.83. The van der Waals surface area contributed by atoms with Gasteiger partial charge < -0.3 is 0 Å². The molecule has 12 heavy (non-hydrogen) atoms. The van der Waals surface area contributed by atoms with Crippen LogP contribution < -0.4 is 5.73 Å². The normalized spacial score (nSPS) is 11.1. The summed E-state index contributed by atoms with van der Waals surface area (Å²) >= 11 is 0. The third-order valence-corrected chi connectivity index (χ3v) is 3.04. The SMILES string of the molecule is CCCCCCc1cc[pH]c1[N]. The highest BCUT2D eigenvalue weighted by atomic mass is 31.0. The summed E-state index contributed by atoms with van der Waals surface area (Å²) in [7, 11) is 0.530. The van der Waals surface area contributed by atoms with Gasteiger partial charge in [-0.05, 0) is 24.2 Å². The van der Waals surface area contributed by atoms with Crippen molar-refractivity contribution in [2.45, 2.75) is 39.0 Å². The van der Waals surface area contributed by atoms with Crippen molar-refractivity contribution < 1.29 is 0 Å². The summed E-state index contributed by atoms with van der Waals surface area (Å²) < 4.78 is 0. The van der Waals surface area contributed by atoms with Crippen LogP contribution in [0.25, 0.3) is 0 Å². The van der Waals surface area contributed by atoms with Gasteiger partial charge in [0.1, 0.15) is 5.42 Å². The second-order valence-electron chi connectivity index (χ2n) is 3.16. The van der Waals surface area contributed by atoms with E-state index in [9.17, 15) is 5.73 Å². The van der Waals surface area contributed by atoms with Crippen LogP contribution in [0.3, 0.4) is 0 Å². The van der Waals surface area contributed by atoms with Crippen molar-refractivity contribution in [3.63, 3.8) is 0 Å². The van der Waals surface area contributed by atoms with E-state index in [-0.39, 0.29) is 0 Å². The summed E-state index contributed by atoms with van der Waals surface area (Å²) in [5, 5.41) is 0. The monoisotopic (exact) mass is 181 g/mol. The van der Waals surface area contributed by atoms with Gasteiger partial charge in [-0.2, -0.15) is 0 Å². The first-order chi connectivity index (χ1) is 5.84. The molecule has 0 aliphatic carbocycles. The van der Waals surface area contributed by atoms with Gasteiger partial charge in [-0.15, -0.1) is 13.9 Å². The Hall–Kier alpha value is -0.420. The van der Waals surface area contributed by atoms with Gasteiger partial charge in [0, 0.05) is 0 Å². The van der Waals surface area contributed by atoms with Crippen LogP contribution in [0, 0.1) is 0 Å². The minimum atomic E-state index is 0.530. The summed E-state index contributed by atoms with van der Waals surface area (Å²) in [6.45, 7) is 2.22. The first-order valence-electron chi connectivity index (χ1n) is 4.69. The molecule has 0 amide bonds. The molecular formula is C10H16NP. The van der Waals surface area contributed by atoms with Crippen molar-refractivity contribution in [3.8, 4) is 0 Å². The van der Waals surface area contributed by atoms with Crippen LogP contribution >= 0.6 is 8.19 Å². The molecule has 2 radical (unpaired) electrons. The van der Waals surface area contributed by atoms with Crippen LogP contribution in [-0.4, -0.2) is 0 Å². The molecule has 0 saturated heterocycles. The topological polar surface area (TPSA) is 22.3 Å². The Morgan fingerprint density at radius 1 is 1.33 bits per heavy atom. The molecule has 0 aliphatic heterocycles. The molecule has 0 N–H and O–H groups in total. The third-order valence-electron chi connectivity index (χ3n) is 2.11. The second-order valence-corrected chi connectivity index (χ2v) is 4.26. The van der Waals surface area contributed by atoms with Crippen molar-refractivity contribution in [2.24, 2.45) is 0 Å². The van der Waals surface area contributed by atoms with E-state index in [2.05, 4.69) is 18.8 Å². The second kappa shape index (κ2) is 5.27. The van der Waals surface area contributed by atoms with E-state index in [1.165, 1.54) is 31.2 Å². The van der Waals surface area contributed by atoms with Gasteiger partial charge in [-0.1, -0.05) is 32.3 Å². The lowest BCUT2D eigenvalue weighted by molar-refractivity contribution is 0.667. The van der Waals surface area contributed by atoms with E-state index in [1.807, 2.05) is 0 Å². The lowest BCUT2D eigenvalue weighted by Gasteiger charge is -1.98. The standard InChI is InChI=1S/C10H16NP/c1-2-3-4-5-6-9-7-8-12-10(9)11/h7-8,12H,2-6H2,1H3. The largest absolute Gasteiger partial charge is 0.146 e.